The summed E-state index contributed by atoms with van der Waals surface area (Å²) in [6.45, 7) is 9.63. The van der Waals surface area contributed by atoms with E-state index >= 15 is 0 Å². The maximum Gasteiger partial charge on any atom is 0.416 e. The molecule has 6 heteroatoms. The van der Waals surface area contributed by atoms with Crippen molar-refractivity contribution >= 4 is 11.6 Å². The quantitative estimate of drug-likeness (QED) is 0.857. The molecule has 0 bridgehead atoms. The highest BCUT2D eigenvalue weighted by molar-refractivity contribution is 5.51. The van der Waals surface area contributed by atoms with E-state index in [1.807, 2.05) is 32.6 Å². The number of alkyl halides is 3. The summed E-state index contributed by atoms with van der Waals surface area (Å²) >= 11 is 0. The fourth-order valence-corrected chi connectivity index (χ4v) is 1.94. The second-order valence-corrected chi connectivity index (χ2v) is 5.06. The Kier molecular flexibility index (Phi) is 5.65. The van der Waals surface area contributed by atoms with E-state index in [-0.39, 0.29) is 5.82 Å². The number of nitrogens with zero attached hydrogens (tertiary/aromatic N) is 2. The Morgan fingerprint density at radius 3 is 2.35 bits per heavy atom. The molecule has 0 saturated heterocycles. The van der Waals surface area contributed by atoms with Crippen LogP contribution in [-0.4, -0.2) is 24.6 Å². The Bertz CT molecular complexity index is 430. The van der Waals surface area contributed by atoms with Crippen molar-refractivity contribution in [2.45, 2.75) is 33.9 Å². The van der Waals surface area contributed by atoms with Crippen LogP contribution in [0.1, 0.15) is 33.3 Å². The molecule has 114 valence electrons. The van der Waals surface area contributed by atoms with Gasteiger partial charge in [-0.15, -0.1) is 0 Å². The highest BCUT2D eigenvalue weighted by Gasteiger charge is 2.32. The maximum absolute atomic E-state index is 12.9. The summed E-state index contributed by atoms with van der Waals surface area (Å²) in [4.78, 5) is 6.14. The highest BCUT2D eigenvalue weighted by Crippen LogP contribution is 2.33. The van der Waals surface area contributed by atoms with Crippen LogP contribution >= 0.6 is 0 Å². The molecule has 0 atom stereocenters. The zero-order chi connectivity index (χ0) is 15.3. The Morgan fingerprint density at radius 1 is 1.25 bits per heavy atom. The number of pyridine rings is 1. The summed E-state index contributed by atoms with van der Waals surface area (Å²) in [5.41, 5.74) is -0.666. The van der Waals surface area contributed by atoms with Gasteiger partial charge in [0.1, 0.15) is 11.6 Å². The fourth-order valence-electron chi connectivity index (χ4n) is 1.94. The van der Waals surface area contributed by atoms with Crippen LogP contribution in [0.15, 0.2) is 12.1 Å². The Morgan fingerprint density at radius 2 is 1.90 bits per heavy atom. The number of halogens is 3. The van der Waals surface area contributed by atoms with Gasteiger partial charge < -0.3 is 10.2 Å². The van der Waals surface area contributed by atoms with Gasteiger partial charge in [0.15, 0.2) is 0 Å². The van der Waals surface area contributed by atoms with E-state index in [0.717, 1.165) is 12.1 Å². The lowest BCUT2D eigenvalue weighted by Gasteiger charge is -2.25. The van der Waals surface area contributed by atoms with Crippen LogP contribution in [0, 0.1) is 5.92 Å². The van der Waals surface area contributed by atoms with Crippen LogP contribution in [0.3, 0.4) is 0 Å². The van der Waals surface area contributed by atoms with Gasteiger partial charge in [-0.05, 0) is 31.9 Å². The van der Waals surface area contributed by atoms with E-state index in [9.17, 15) is 13.2 Å². The van der Waals surface area contributed by atoms with Gasteiger partial charge in [-0.25, -0.2) is 4.98 Å². The molecule has 20 heavy (non-hydrogen) atoms. The van der Waals surface area contributed by atoms with Gasteiger partial charge in [0.05, 0.1) is 5.56 Å². The predicted octanol–water partition coefficient (Wildman–Crippen LogP) is 4.01. The normalized spacial score (nSPS) is 11.8. The van der Waals surface area contributed by atoms with Crippen molar-refractivity contribution in [3.8, 4) is 0 Å². The average Bonchev–Trinajstić information content (AvgIpc) is 2.34. The van der Waals surface area contributed by atoms with Gasteiger partial charge in [0.25, 0.3) is 0 Å². The minimum absolute atomic E-state index is 0.263. The Hall–Kier alpha value is -1.46. The third-order valence-electron chi connectivity index (χ3n) is 2.79. The van der Waals surface area contributed by atoms with E-state index in [0.29, 0.717) is 31.4 Å². The van der Waals surface area contributed by atoms with Crippen LogP contribution in [0.2, 0.25) is 0 Å². The zero-order valence-corrected chi connectivity index (χ0v) is 12.4. The molecule has 0 aliphatic rings. The Balaban J connectivity index is 3.19. The topological polar surface area (TPSA) is 28.2 Å². The molecule has 0 amide bonds. The average molecular weight is 289 g/mol. The van der Waals surface area contributed by atoms with Gasteiger partial charge in [-0.1, -0.05) is 13.8 Å². The monoisotopic (exact) mass is 289 g/mol. The maximum atomic E-state index is 12.9. The smallest absolute Gasteiger partial charge is 0.370 e. The lowest BCUT2D eigenvalue weighted by atomic mass is 10.2. The number of rotatable bonds is 6. The first-order chi connectivity index (χ1) is 9.27. The molecular weight excluding hydrogens is 267 g/mol. The van der Waals surface area contributed by atoms with E-state index in [1.54, 1.807) is 0 Å². The van der Waals surface area contributed by atoms with Crippen molar-refractivity contribution in [3.05, 3.63) is 17.7 Å². The van der Waals surface area contributed by atoms with Crippen LogP contribution < -0.4 is 10.2 Å². The van der Waals surface area contributed by atoms with Crippen LogP contribution in [0.4, 0.5) is 24.8 Å². The predicted molar refractivity (Wildman–Crippen MR) is 76.1 cm³/mol. The summed E-state index contributed by atoms with van der Waals surface area (Å²) in [5, 5.41) is 2.85. The molecule has 0 spiro atoms. The number of hydrogen-bond donors (Lipinski definition) is 1. The summed E-state index contributed by atoms with van der Waals surface area (Å²) in [5.74, 6) is 0.986. The first-order valence-electron chi connectivity index (χ1n) is 6.86. The summed E-state index contributed by atoms with van der Waals surface area (Å²) in [6.07, 6.45) is -4.36. The SMILES string of the molecule is CCNc1cc(C(F)(F)F)cc(N(CC)CC(C)C)n1. The summed E-state index contributed by atoms with van der Waals surface area (Å²) in [6, 6.07) is 2.17. The molecule has 0 radical (unpaired) electrons. The van der Waals surface area contributed by atoms with Crippen molar-refractivity contribution in [3.63, 3.8) is 0 Å². The molecule has 1 rings (SSSR count). The van der Waals surface area contributed by atoms with Crippen LogP contribution in [0.5, 0.6) is 0 Å². The third-order valence-corrected chi connectivity index (χ3v) is 2.79. The number of nitrogens with one attached hydrogen (secondary N) is 1. The lowest BCUT2D eigenvalue weighted by molar-refractivity contribution is -0.137. The Labute approximate surface area is 118 Å². The van der Waals surface area contributed by atoms with E-state index in [1.165, 1.54) is 0 Å². The third kappa shape index (κ3) is 4.58. The lowest BCUT2D eigenvalue weighted by Crippen LogP contribution is -2.28. The minimum Gasteiger partial charge on any atom is -0.370 e. The molecule has 0 fully saturated rings. The van der Waals surface area contributed by atoms with Gasteiger partial charge in [0, 0.05) is 19.6 Å². The largest absolute Gasteiger partial charge is 0.416 e. The second kappa shape index (κ2) is 6.81. The van der Waals surface area contributed by atoms with Crippen molar-refractivity contribution in [1.29, 1.82) is 0 Å². The standard InChI is InChI=1S/C14H22F3N3/c1-5-18-12-7-11(14(15,16)17)8-13(19-12)20(6-2)9-10(3)4/h7-8,10H,5-6,9H2,1-4H3,(H,18,19). The van der Waals surface area contributed by atoms with E-state index in [4.69, 9.17) is 0 Å². The second-order valence-electron chi connectivity index (χ2n) is 5.06. The molecule has 1 N–H and O–H groups in total. The van der Waals surface area contributed by atoms with Gasteiger partial charge in [-0.2, -0.15) is 13.2 Å². The summed E-state index contributed by atoms with van der Waals surface area (Å²) < 4.78 is 38.8. The van der Waals surface area contributed by atoms with E-state index < -0.39 is 11.7 Å². The molecule has 3 nitrogen and oxygen atoms in total. The molecule has 0 unspecified atom stereocenters. The number of anilines is 2. The van der Waals surface area contributed by atoms with Crippen LogP contribution in [0.25, 0.3) is 0 Å². The minimum atomic E-state index is -4.36. The molecular formula is C14H22F3N3. The number of hydrogen-bond acceptors (Lipinski definition) is 3. The van der Waals surface area contributed by atoms with Gasteiger partial charge in [-0.3, -0.25) is 0 Å². The first-order valence-corrected chi connectivity index (χ1v) is 6.86. The molecule has 0 aliphatic heterocycles. The molecule has 1 aromatic rings. The zero-order valence-electron chi connectivity index (χ0n) is 12.4. The summed E-state index contributed by atoms with van der Waals surface area (Å²) in [7, 11) is 0. The first kappa shape index (κ1) is 16.6. The van der Waals surface area contributed by atoms with Crippen molar-refractivity contribution in [2.75, 3.05) is 29.9 Å². The fraction of sp³-hybridized carbons (Fsp3) is 0.643. The van der Waals surface area contributed by atoms with Crippen molar-refractivity contribution in [2.24, 2.45) is 5.92 Å². The van der Waals surface area contributed by atoms with Crippen molar-refractivity contribution in [1.82, 2.24) is 4.98 Å². The van der Waals surface area contributed by atoms with Gasteiger partial charge >= 0.3 is 6.18 Å². The molecule has 1 aromatic heterocycles. The van der Waals surface area contributed by atoms with Crippen LogP contribution in [-0.2, 0) is 6.18 Å². The number of aromatic nitrogens is 1. The van der Waals surface area contributed by atoms with Gasteiger partial charge in [0.2, 0.25) is 0 Å². The molecule has 0 aliphatic carbocycles. The molecule has 1 heterocycles. The van der Waals surface area contributed by atoms with Crippen molar-refractivity contribution < 1.29 is 13.2 Å². The molecule has 0 aromatic carbocycles. The highest BCUT2D eigenvalue weighted by atomic mass is 19.4. The molecule has 0 saturated carbocycles. The van der Waals surface area contributed by atoms with E-state index in [2.05, 4.69) is 10.3 Å².